The van der Waals surface area contributed by atoms with Crippen molar-refractivity contribution in [2.45, 2.75) is 0 Å². The molecule has 26 heavy (non-hydrogen) atoms. The zero-order chi connectivity index (χ0) is 17.1. The van der Waals surface area contributed by atoms with Gasteiger partial charge in [0.05, 0.1) is 17.4 Å². The maximum Gasteiger partial charge on any atom is 0.0709 e. The molecule has 0 aliphatic heterocycles. The summed E-state index contributed by atoms with van der Waals surface area (Å²) in [5.41, 5.74) is 6.66. The van der Waals surface area contributed by atoms with E-state index in [0.717, 1.165) is 27.8 Å². The summed E-state index contributed by atoms with van der Waals surface area (Å²) in [6.45, 7) is 0. The van der Waals surface area contributed by atoms with E-state index in [1.165, 1.54) is 27.1 Å². The van der Waals surface area contributed by atoms with Gasteiger partial charge in [0.2, 0.25) is 0 Å². The Hall–Kier alpha value is -3.59. The van der Waals surface area contributed by atoms with Crippen molar-refractivity contribution in [3.05, 3.63) is 79.0 Å². The Morgan fingerprint density at radius 1 is 0.538 bits per heavy atom. The van der Waals surface area contributed by atoms with E-state index in [1.54, 1.807) is 0 Å². The Morgan fingerprint density at radius 3 is 2.12 bits per heavy atom. The molecule has 3 aromatic heterocycles. The summed E-state index contributed by atoms with van der Waals surface area (Å²) >= 11 is 0. The normalized spacial score (nSPS) is 11.8. The Balaban J connectivity index is 1.70. The molecule has 0 saturated carbocycles. The van der Waals surface area contributed by atoms with Crippen LogP contribution in [0.15, 0.2) is 79.0 Å². The number of pyridine rings is 1. The van der Waals surface area contributed by atoms with E-state index in [0.29, 0.717) is 0 Å². The number of rotatable bonds is 1. The van der Waals surface area contributed by atoms with Gasteiger partial charge in [-0.15, -0.1) is 0 Å². The standard InChI is InChI=1S/C23H15N3/c1-2-6-14(7-3-1)20-11-18-17-10-16-15-8-4-5-9-19(15)25-21(16)12-22(17)26-23(18)13-24-20/h1-13,25-26H. The minimum absolute atomic E-state index is 0.998. The molecule has 0 atom stereocenters. The molecule has 3 nitrogen and oxygen atoms in total. The van der Waals surface area contributed by atoms with Crippen molar-refractivity contribution in [3.63, 3.8) is 0 Å². The predicted octanol–water partition coefficient (Wildman–Crippen LogP) is 6.02. The van der Waals surface area contributed by atoms with Gasteiger partial charge in [0.25, 0.3) is 0 Å². The molecule has 0 radical (unpaired) electrons. The van der Waals surface area contributed by atoms with Crippen LogP contribution in [0.1, 0.15) is 0 Å². The second-order valence-electron chi connectivity index (χ2n) is 6.72. The lowest BCUT2D eigenvalue weighted by atomic mass is 10.1. The number of aromatic amines is 2. The molecular formula is C23H15N3. The maximum absolute atomic E-state index is 4.64. The molecule has 0 aliphatic rings. The van der Waals surface area contributed by atoms with Gasteiger partial charge in [-0.3, -0.25) is 4.98 Å². The maximum atomic E-state index is 4.64. The zero-order valence-electron chi connectivity index (χ0n) is 14.0. The summed E-state index contributed by atoms with van der Waals surface area (Å²) in [4.78, 5) is 11.7. The molecule has 0 spiro atoms. The fourth-order valence-corrected chi connectivity index (χ4v) is 3.91. The van der Waals surface area contributed by atoms with Crippen LogP contribution in [0.3, 0.4) is 0 Å². The molecule has 122 valence electrons. The number of hydrogen-bond donors (Lipinski definition) is 2. The Morgan fingerprint density at radius 2 is 1.23 bits per heavy atom. The van der Waals surface area contributed by atoms with E-state index in [-0.39, 0.29) is 0 Å². The van der Waals surface area contributed by atoms with Crippen LogP contribution in [0.2, 0.25) is 0 Å². The van der Waals surface area contributed by atoms with Gasteiger partial charge in [-0.2, -0.15) is 0 Å². The average Bonchev–Trinajstić information content (AvgIpc) is 3.23. The Labute approximate surface area is 149 Å². The molecule has 6 rings (SSSR count). The molecule has 0 aliphatic carbocycles. The van der Waals surface area contributed by atoms with Gasteiger partial charge >= 0.3 is 0 Å². The van der Waals surface area contributed by atoms with Crippen molar-refractivity contribution in [2.75, 3.05) is 0 Å². The number of hydrogen-bond acceptors (Lipinski definition) is 1. The quantitative estimate of drug-likeness (QED) is 0.380. The van der Waals surface area contributed by atoms with Gasteiger partial charge in [-0.25, -0.2) is 0 Å². The molecule has 3 aromatic carbocycles. The van der Waals surface area contributed by atoms with Gasteiger partial charge in [-0.05, 0) is 24.3 Å². The lowest BCUT2D eigenvalue weighted by molar-refractivity contribution is 1.34. The van der Waals surface area contributed by atoms with E-state index in [2.05, 4.69) is 69.5 Å². The fourth-order valence-electron chi connectivity index (χ4n) is 3.91. The van der Waals surface area contributed by atoms with E-state index in [1.807, 2.05) is 24.4 Å². The zero-order valence-corrected chi connectivity index (χ0v) is 14.0. The summed E-state index contributed by atoms with van der Waals surface area (Å²) in [5, 5.41) is 4.96. The third-order valence-electron chi connectivity index (χ3n) is 5.18. The largest absolute Gasteiger partial charge is 0.354 e. The van der Waals surface area contributed by atoms with Crippen molar-refractivity contribution in [1.29, 1.82) is 0 Å². The van der Waals surface area contributed by atoms with Crippen LogP contribution in [0.5, 0.6) is 0 Å². The number of nitrogens with zero attached hydrogens (tertiary/aromatic N) is 1. The number of fused-ring (bicyclic) bond motifs is 6. The van der Waals surface area contributed by atoms with Crippen molar-refractivity contribution < 1.29 is 0 Å². The van der Waals surface area contributed by atoms with Crippen molar-refractivity contribution in [2.24, 2.45) is 0 Å². The van der Waals surface area contributed by atoms with Gasteiger partial charge in [0.15, 0.2) is 0 Å². The van der Waals surface area contributed by atoms with Gasteiger partial charge in [0.1, 0.15) is 0 Å². The second-order valence-corrected chi connectivity index (χ2v) is 6.72. The van der Waals surface area contributed by atoms with Crippen LogP contribution in [-0.4, -0.2) is 15.0 Å². The number of H-pyrrole nitrogens is 2. The van der Waals surface area contributed by atoms with Crippen molar-refractivity contribution >= 4 is 43.6 Å². The molecule has 2 N–H and O–H groups in total. The van der Waals surface area contributed by atoms with Crippen LogP contribution in [-0.2, 0) is 0 Å². The topological polar surface area (TPSA) is 44.5 Å². The van der Waals surface area contributed by atoms with E-state index in [9.17, 15) is 0 Å². The summed E-state index contributed by atoms with van der Waals surface area (Å²) < 4.78 is 0. The lowest BCUT2D eigenvalue weighted by Crippen LogP contribution is -1.82. The van der Waals surface area contributed by atoms with Crippen LogP contribution >= 0.6 is 0 Å². The number of nitrogens with one attached hydrogen (secondary N) is 2. The fraction of sp³-hybridized carbons (Fsp3) is 0. The average molecular weight is 333 g/mol. The molecule has 0 saturated heterocycles. The third kappa shape index (κ3) is 1.85. The first-order chi connectivity index (χ1) is 12.9. The van der Waals surface area contributed by atoms with E-state index in [4.69, 9.17) is 0 Å². The van der Waals surface area contributed by atoms with E-state index < -0.39 is 0 Å². The molecule has 0 bridgehead atoms. The minimum atomic E-state index is 0.998. The first-order valence-corrected chi connectivity index (χ1v) is 8.74. The van der Waals surface area contributed by atoms with Crippen molar-refractivity contribution in [1.82, 2.24) is 15.0 Å². The molecule has 3 heterocycles. The van der Waals surface area contributed by atoms with Crippen LogP contribution in [0.4, 0.5) is 0 Å². The lowest BCUT2D eigenvalue weighted by Gasteiger charge is -2.00. The predicted molar refractivity (Wildman–Crippen MR) is 108 cm³/mol. The van der Waals surface area contributed by atoms with Crippen LogP contribution in [0, 0.1) is 0 Å². The first-order valence-electron chi connectivity index (χ1n) is 8.74. The summed E-state index contributed by atoms with van der Waals surface area (Å²) in [6.07, 6.45) is 1.93. The highest BCUT2D eigenvalue weighted by atomic mass is 14.8. The highest BCUT2D eigenvalue weighted by molar-refractivity contribution is 6.17. The smallest absolute Gasteiger partial charge is 0.0709 e. The molecule has 3 heteroatoms. The van der Waals surface area contributed by atoms with E-state index >= 15 is 0 Å². The molecular weight excluding hydrogens is 318 g/mol. The Bertz CT molecular complexity index is 1420. The summed E-state index contributed by atoms with van der Waals surface area (Å²) in [7, 11) is 0. The molecule has 0 unspecified atom stereocenters. The number of benzene rings is 3. The van der Waals surface area contributed by atoms with Gasteiger partial charge in [-0.1, -0.05) is 48.5 Å². The highest BCUT2D eigenvalue weighted by Gasteiger charge is 2.11. The minimum Gasteiger partial charge on any atom is -0.354 e. The monoisotopic (exact) mass is 333 g/mol. The Kier molecular flexibility index (Phi) is 2.61. The number of para-hydroxylation sites is 1. The highest BCUT2D eigenvalue weighted by Crippen LogP contribution is 2.34. The SMILES string of the molecule is c1ccc(-c2cc3c(cn2)[nH]c2cc4[nH]c5ccccc5c4cc23)cc1. The summed E-state index contributed by atoms with van der Waals surface area (Å²) in [5.74, 6) is 0. The van der Waals surface area contributed by atoms with Crippen LogP contribution in [0.25, 0.3) is 54.9 Å². The van der Waals surface area contributed by atoms with Gasteiger partial charge < -0.3 is 9.97 Å². The molecule has 0 amide bonds. The summed E-state index contributed by atoms with van der Waals surface area (Å²) in [6, 6.07) is 25.4. The van der Waals surface area contributed by atoms with Crippen LogP contribution < -0.4 is 0 Å². The van der Waals surface area contributed by atoms with Gasteiger partial charge in [0, 0.05) is 43.7 Å². The first kappa shape index (κ1) is 13.7. The number of aromatic nitrogens is 3. The second kappa shape index (κ2) is 4.96. The molecule has 0 fully saturated rings. The third-order valence-corrected chi connectivity index (χ3v) is 5.18. The van der Waals surface area contributed by atoms with Crippen molar-refractivity contribution in [3.8, 4) is 11.3 Å². The molecule has 6 aromatic rings.